The van der Waals surface area contributed by atoms with E-state index in [2.05, 4.69) is 10.5 Å². The Labute approximate surface area is 135 Å². The number of aryl methyl sites for hydroxylation is 1. The van der Waals surface area contributed by atoms with Gasteiger partial charge in [-0.3, -0.25) is 4.79 Å². The van der Waals surface area contributed by atoms with Crippen molar-refractivity contribution in [3.05, 3.63) is 59.7 Å². The summed E-state index contributed by atoms with van der Waals surface area (Å²) in [6.07, 6.45) is 1.97. The maximum Gasteiger partial charge on any atom is 0.240 e. The van der Waals surface area contributed by atoms with Crippen molar-refractivity contribution in [3.8, 4) is 11.5 Å². The summed E-state index contributed by atoms with van der Waals surface area (Å²) in [6.45, 7) is 1.68. The van der Waals surface area contributed by atoms with Gasteiger partial charge < -0.3 is 10.2 Å². The summed E-state index contributed by atoms with van der Waals surface area (Å²) in [7, 11) is 0. The van der Waals surface area contributed by atoms with Gasteiger partial charge in [-0.1, -0.05) is 30.3 Å². The molecule has 2 aromatic rings. The van der Waals surface area contributed by atoms with E-state index in [0.29, 0.717) is 17.7 Å². The lowest BCUT2D eigenvalue weighted by atomic mass is 10.1. The number of hydrogen-bond donors (Lipinski definition) is 3. The summed E-state index contributed by atoms with van der Waals surface area (Å²) in [5.41, 5.74) is 4.62. The van der Waals surface area contributed by atoms with Gasteiger partial charge in [0.1, 0.15) is 11.5 Å². The van der Waals surface area contributed by atoms with Gasteiger partial charge in [0.05, 0.1) is 5.71 Å². The quantitative estimate of drug-likeness (QED) is 0.566. The van der Waals surface area contributed by atoms with Crippen LogP contribution in [0.1, 0.15) is 30.9 Å². The van der Waals surface area contributed by atoms with Crippen LogP contribution in [0.4, 0.5) is 0 Å². The molecule has 3 N–H and O–H groups in total. The third-order valence-corrected chi connectivity index (χ3v) is 3.43. The molecule has 1 amide bonds. The van der Waals surface area contributed by atoms with E-state index in [1.807, 2.05) is 30.3 Å². The highest BCUT2D eigenvalue weighted by atomic mass is 16.3. The van der Waals surface area contributed by atoms with Gasteiger partial charge in [0, 0.05) is 18.1 Å². The zero-order valence-corrected chi connectivity index (χ0v) is 13.0. The van der Waals surface area contributed by atoms with E-state index in [-0.39, 0.29) is 17.4 Å². The molecule has 0 radical (unpaired) electrons. The maximum absolute atomic E-state index is 11.8. The molecule has 2 rings (SSSR count). The lowest BCUT2D eigenvalue weighted by Crippen LogP contribution is -2.19. The summed E-state index contributed by atoms with van der Waals surface area (Å²) in [5, 5.41) is 23.0. The first kappa shape index (κ1) is 16.5. The normalized spacial score (nSPS) is 11.3. The van der Waals surface area contributed by atoms with Gasteiger partial charge in [-0.25, -0.2) is 5.43 Å². The zero-order valence-electron chi connectivity index (χ0n) is 13.0. The summed E-state index contributed by atoms with van der Waals surface area (Å²) < 4.78 is 0. The van der Waals surface area contributed by atoms with Gasteiger partial charge in [-0.15, -0.1) is 0 Å². The fourth-order valence-electron chi connectivity index (χ4n) is 2.19. The Bertz CT molecular complexity index is 697. The van der Waals surface area contributed by atoms with Crippen LogP contribution in [0, 0.1) is 0 Å². The van der Waals surface area contributed by atoms with Crippen LogP contribution in [0.2, 0.25) is 0 Å². The highest BCUT2D eigenvalue weighted by Crippen LogP contribution is 2.22. The Morgan fingerprint density at radius 1 is 1.13 bits per heavy atom. The first-order valence-electron chi connectivity index (χ1n) is 7.45. The van der Waals surface area contributed by atoms with E-state index in [1.165, 1.54) is 17.7 Å². The predicted molar refractivity (Wildman–Crippen MR) is 89.5 cm³/mol. The van der Waals surface area contributed by atoms with Crippen molar-refractivity contribution in [1.29, 1.82) is 0 Å². The Morgan fingerprint density at radius 3 is 2.57 bits per heavy atom. The number of rotatable bonds is 6. The molecular weight excluding hydrogens is 292 g/mol. The fraction of sp³-hybridized carbons (Fsp3) is 0.222. The number of hydrazone groups is 1. The number of hydrogen-bond acceptors (Lipinski definition) is 4. The number of benzene rings is 2. The van der Waals surface area contributed by atoms with Crippen LogP contribution in [0.5, 0.6) is 11.5 Å². The molecule has 0 aliphatic rings. The molecule has 2 aromatic carbocycles. The highest BCUT2D eigenvalue weighted by Gasteiger charge is 2.06. The van der Waals surface area contributed by atoms with Crippen molar-refractivity contribution in [2.45, 2.75) is 26.2 Å². The molecule has 5 heteroatoms. The van der Waals surface area contributed by atoms with Gasteiger partial charge in [0.15, 0.2) is 0 Å². The van der Waals surface area contributed by atoms with E-state index in [1.54, 1.807) is 13.0 Å². The third-order valence-electron chi connectivity index (χ3n) is 3.43. The standard InChI is InChI=1S/C18H20N2O3/c1-13(16-11-10-15(21)12-17(16)22)19-20-18(23)9-5-8-14-6-3-2-4-7-14/h2-4,6-7,10-12,21-22H,5,8-9H2,1H3,(H,20,23)/b19-13+. The van der Waals surface area contributed by atoms with E-state index in [4.69, 9.17) is 0 Å². The van der Waals surface area contributed by atoms with Crippen molar-refractivity contribution in [2.24, 2.45) is 5.10 Å². The Kier molecular flexibility index (Phi) is 5.74. The molecular formula is C18H20N2O3. The van der Waals surface area contributed by atoms with Gasteiger partial charge in [0.2, 0.25) is 5.91 Å². The molecule has 0 aromatic heterocycles. The van der Waals surface area contributed by atoms with Crippen LogP contribution in [0.15, 0.2) is 53.6 Å². The van der Waals surface area contributed by atoms with Crippen molar-refractivity contribution >= 4 is 11.6 Å². The van der Waals surface area contributed by atoms with Crippen LogP contribution in [-0.4, -0.2) is 21.8 Å². The first-order valence-corrected chi connectivity index (χ1v) is 7.45. The molecule has 0 aliphatic carbocycles. The number of carbonyl (C=O) groups excluding carboxylic acids is 1. The largest absolute Gasteiger partial charge is 0.508 e. The summed E-state index contributed by atoms with van der Waals surface area (Å²) in [4.78, 5) is 11.8. The number of nitrogens with one attached hydrogen (secondary N) is 1. The minimum absolute atomic E-state index is 0.0241. The van der Waals surface area contributed by atoms with E-state index >= 15 is 0 Å². The van der Waals surface area contributed by atoms with Crippen LogP contribution in [0.3, 0.4) is 0 Å². The molecule has 0 spiro atoms. The second-order valence-corrected chi connectivity index (χ2v) is 5.27. The predicted octanol–water partition coefficient (Wildman–Crippen LogP) is 2.96. The monoisotopic (exact) mass is 312 g/mol. The van der Waals surface area contributed by atoms with Gasteiger partial charge in [-0.2, -0.15) is 5.10 Å². The third kappa shape index (κ3) is 5.14. The minimum Gasteiger partial charge on any atom is -0.508 e. The van der Waals surface area contributed by atoms with Crippen molar-refractivity contribution in [2.75, 3.05) is 0 Å². The Morgan fingerprint density at radius 2 is 1.87 bits per heavy atom. The maximum atomic E-state index is 11.8. The molecule has 0 heterocycles. The number of amides is 1. The molecule has 120 valence electrons. The second kappa shape index (κ2) is 7.98. The average Bonchev–Trinajstić information content (AvgIpc) is 2.53. The average molecular weight is 312 g/mol. The van der Waals surface area contributed by atoms with Crippen molar-refractivity contribution in [3.63, 3.8) is 0 Å². The minimum atomic E-state index is -0.168. The Hall–Kier alpha value is -2.82. The summed E-state index contributed by atoms with van der Waals surface area (Å²) in [6, 6.07) is 14.2. The lowest BCUT2D eigenvalue weighted by molar-refractivity contribution is -0.121. The van der Waals surface area contributed by atoms with Crippen LogP contribution in [-0.2, 0) is 11.2 Å². The Balaban J connectivity index is 1.83. The summed E-state index contributed by atoms with van der Waals surface area (Å²) >= 11 is 0. The van der Waals surface area contributed by atoms with E-state index in [0.717, 1.165) is 12.8 Å². The van der Waals surface area contributed by atoms with Gasteiger partial charge in [0.25, 0.3) is 0 Å². The van der Waals surface area contributed by atoms with E-state index < -0.39 is 0 Å². The number of carbonyl (C=O) groups is 1. The van der Waals surface area contributed by atoms with Crippen molar-refractivity contribution in [1.82, 2.24) is 5.43 Å². The molecule has 0 saturated heterocycles. The fourth-order valence-corrected chi connectivity index (χ4v) is 2.19. The smallest absolute Gasteiger partial charge is 0.240 e. The first-order chi connectivity index (χ1) is 11.1. The van der Waals surface area contributed by atoms with Crippen LogP contribution in [0.25, 0.3) is 0 Å². The van der Waals surface area contributed by atoms with Crippen LogP contribution >= 0.6 is 0 Å². The molecule has 0 bridgehead atoms. The summed E-state index contributed by atoms with van der Waals surface area (Å²) in [5.74, 6) is -0.271. The zero-order chi connectivity index (χ0) is 16.7. The number of phenolic OH excluding ortho intramolecular Hbond substituents is 2. The van der Waals surface area contributed by atoms with Crippen LogP contribution < -0.4 is 5.43 Å². The lowest BCUT2D eigenvalue weighted by Gasteiger charge is -2.05. The molecule has 0 fully saturated rings. The number of aromatic hydroxyl groups is 2. The van der Waals surface area contributed by atoms with Crippen molar-refractivity contribution < 1.29 is 15.0 Å². The molecule has 0 atom stereocenters. The number of nitrogens with zero attached hydrogens (tertiary/aromatic N) is 1. The van der Waals surface area contributed by atoms with Gasteiger partial charge >= 0.3 is 0 Å². The second-order valence-electron chi connectivity index (χ2n) is 5.27. The van der Waals surface area contributed by atoms with E-state index in [9.17, 15) is 15.0 Å². The highest BCUT2D eigenvalue weighted by molar-refractivity contribution is 6.01. The SMILES string of the molecule is C/C(=N\NC(=O)CCCc1ccccc1)c1ccc(O)cc1O. The molecule has 0 saturated carbocycles. The molecule has 0 unspecified atom stereocenters. The topological polar surface area (TPSA) is 81.9 Å². The van der Waals surface area contributed by atoms with Gasteiger partial charge in [-0.05, 0) is 37.5 Å². The molecule has 23 heavy (non-hydrogen) atoms. The molecule has 5 nitrogen and oxygen atoms in total. The molecule has 0 aliphatic heterocycles. The number of phenols is 2.